The van der Waals surface area contributed by atoms with Crippen molar-refractivity contribution in [2.24, 2.45) is 0 Å². The maximum Gasteiger partial charge on any atom is 0.227 e. The Hall–Kier alpha value is -2.10. The molecule has 0 aliphatic rings. The lowest BCUT2D eigenvalue weighted by Crippen LogP contribution is -2.28. The Labute approximate surface area is 119 Å². The molecule has 0 radical (unpaired) electrons. The third-order valence-electron chi connectivity index (χ3n) is 3.43. The van der Waals surface area contributed by atoms with Gasteiger partial charge in [0, 0.05) is 0 Å². The van der Waals surface area contributed by atoms with E-state index in [4.69, 9.17) is 0 Å². The second-order valence-corrected chi connectivity index (χ2v) is 4.83. The summed E-state index contributed by atoms with van der Waals surface area (Å²) in [5.41, 5.74) is 3.02. The number of amides is 1. The summed E-state index contributed by atoms with van der Waals surface area (Å²) >= 11 is 0. The van der Waals surface area contributed by atoms with E-state index in [1.54, 1.807) is 0 Å². The van der Waals surface area contributed by atoms with Crippen molar-refractivity contribution >= 4 is 5.91 Å². The molecule has 1 aromatic heterocycles. The molecule has 0 aliphatic carbocycles. The standard InChI is InChI=1S/C16H21N3O/c1-3-13-10-14(19-18-13)11-17-16(20)15(4-2)12-8-6-5-7-9-12/h5-10,15H,3-4,11H2,1-2H3,(H,17,20)(H,18,19). The molecule has 20 heavy (non-hydrogen) atoms. The van der Waals surface area contributed by atoms with Gasteiger partial charge in [-0.15, -0.1) is 0 Å². The topological polar surface area (TPSA) is 57.8 Å². The van der Waals surface area contributed by atoms with E-state index in [9.17, 15) is 4.79 Å². The van der Waals surface area contributed by atoms with Gasteiger partial charge in [-0.25, -0.2) is 0 Å². The fourth-order valence-electron chi connectivity index (χ4n) is 2.24. The zero-order chi connectivity index (χ0) is 14.4. The maximum absolute atomic E-state index is 12.3. The molecule has 4 heteroatoms. The first-order valence-corrected chi connectivity index (χ1v) is 7.10. The Morgan fingerprint density at radius 2 is 2.05 bits per heavy atom. The SMILES string of the molecule is CCc1cc(CNC(=O)C(CC)c2ccccc2)[nH]n1. The van der Waals surface area contributed by atoms with Crippen LogP contribution < -0.4 is 5.32 Å². The summed E-state index contributed by atoms with van der Waals surface area (Å²) in [6.45, 7) is 4.58. The Balaban J connectivity index is 1.96. The fourth-order valence-corrected chi connectivity index (χ4v) is 2.24. The quantitative estimate of drug-likeness (QED) is 0.848. The summed E-state index contributed by atoms with van der Waals surface area (Å²) in [6.07, 6.45) is 1.69. The lowest BCUT2D eigenvalue weighted by Gasteiger charge is -2.14. The van der Waals surface area contributed by atoms with Crippen molar-refractivity contribution in [1.82, 2.24) is 15.5 Å². The van der Waals surface area contributed by atoms with Crippen molar-refractivity contribution in [3.63, 3.8) is 0 Å². The summed E-state index contributed by atoms with van der Waals surface area (Å²) in [5, 5.41) is 10.1. The summed E-state index contributed by atoms with van der Waals surface area (Å²) in [7, 11) is 0. The minimum atomic E-state index is -0.0928. The van der Waals surface area contributed by atoms with Crippen molar-refractivity contribution in [3.05, 3.63) is 53.3 Å². The van der Waals surface area contributed by atoms with E-state index in [0.29, 0.717) is 6.54 Å². The molecular formula is C16H21N3O. The lowest BCUT2D eigenvalue weighted by atomic mass is 9.96. The van der Waals surface area contributed by atoms with Crippen LogP contribution in [0, 0.1) is 0 Å². The number of nitrogens with zero attached hydrogens (tertiary/aromatic N) is 1. The minimum absolute atomic E-state index is 0.0614. The second-order valence-electron chi connectivity index (χ2n) is 4.83. The van der Waals surface area contributed by atoms with E-state index in [1.165, 1.54) is 0 Å². The van der Waals surface area contributed by atoms with Crippen LogP contribution in [-0.4, -0.2) is 16.1 Å². The van der Waals surface area contributed by atoms with Gasteiger partial charge in [0.25, 0.3) is 0 Å². The summed E-state index contributed by atoms with van der Waals surface area (Å²) in [6, 6.07) is 11.9. The monoisotopic (exact) mass is 271 g/mol. The van der Waals surface area contributed by atoms with Crippen molar-refractivity contribution in [3.8, 4) is 0 Å². The highest BCUT2D eigenvalue weighted by molar-refractivity contribution is 5.83. The second kappa shape index (κ2) is 6.89. The third-order valence-corrected chi connectivity index (χ3v) is 3.43. The first-order chi connectivity index (χ1) is 9.74. The average molecular weight is 271 g/mol. The van der Waals surface area contributed by atoms with Gasteiger partial charge >= 0.3 is 0 Å². The number of benzene rings is 1. The van der Waals surface area contributed by atoms with Crippen LogP contribution in [0.2, 0.25) is 0 Å². The van der Waals surface area contributed by atoms with E-state index in [-0.39, 0.29) is 11.8 Å². The molecule has 0 spiro atoms. The van der Waals surface area contributed by atoms with Gasteiger partial charge in [-0.1, -0.05) is 44.2 Å². The molecule has 1 atom stereocenters. The van der Waals surface area contributed by atoms with E-state index in [2.05, 4.69) is 22.4 Å². The van der Waals surface area contributed by atoms with Gasteiger partial charge in [-0.05, 0) is 24.5 Å². The molecule has 1 aromatic carbocycles. The molecule has 4 nitrogen and oxygen atoms in total. The van der Waals surface area contributed by atoms with Crippen molar-refractivity contribution in [1.29, 1.82) is 0 Å². The molecule has 1 heterocycles. The number of hydrogen-bond acceptors (Lipinski definition) is 2. The number of nitrogens with one attached hydrogen (secondary N) is 2. The predicted octanol–water partition coefficient (Wildman–Crippen LogP) is 2.78. The molecule has 2 aromatic rings. The fraction of sp³-hybridized carbons (Fsp3) is 0.375. The van der Waals surface area contributed by atoms with Crippen molar-refractivity contribution < 1.29 is 4.79 Å². The van der Waals surface area contributed by atoms with Crippen LogP contribution in [0.4, 0.5) is 0 Å². The van der Waals surface area contributed by atoms with Gasteiger partial charge in [0.15, 0.2) is 0 Å². The highest BCUT2D eigenvalue weighted by atomic mass is 16.1. The van der Waals surface area contributed by atoms with Gasteiger partial charge < -0.3 is 5.32 Å². The summed E-state index contributed by atoms with van der Waals surface area (Å²) in [4.78, 5) is 12.3. The van der Waals surface area contributed by atoms with Gasteiger partial charge in [0.2, 0.25) is 5.91 Å². The van der Waals surface area contributed by atoms with Crippen LogP contribution in [0.15, 0.2) is 36.4 Å². The lowest BCUT2D eigenvalue weighted by molar-refractivity contribution is -0.122. The van der Waals surface area contributed by atoms with E-state index >= 15 is 0 Å². The first-order valence-electron chi connectivity index (χ1n) is 7.10. The Morgan fingerprint density at radius 1 is 1.30 bits per heavy atom. The van der Waals surface area contributed by atoms with Crippen LogP contribution >= 0.6 is 0 Å². The number of aromatic amines is 1. The largest absolute Gasteiger partial charge is 0.350 e. The number of rotatable bonds is 6. The number of aromatic nitrogens is 2. The first kappa shape index (κ1) is 14.3. The molecule has 2 N–H and O–H groups in total. The van der Waals surface area contributed by atoms with Crippen LogP contribution in [0.1, 0.15) is 43.1 Å². The highest BCUT2D eigenvalue weighted by Gasteiger charge is 2.18. The molecule has 2 rings (SSSR count). The van der Waals surface area contributed by atoms with Crippen LogP contribution in [0.5, 0.6) is 0 Å². The van der Waals surface area contributed by atoms with Crippen LogP contribution in [0.3, 0.4) is 0 Å². The van der Waals surface area contributed by atoms with Crippen molar-refractivity contribution in [2.75, 3.05) is 0 Å². The molecule has 1 amide bonds. The minimum Gasteiger partial charge on any atom is -0.350 e. The van der Waals surface area contributed by atoms with Gasteiger partial charge in [0.1, 0.15) is 0 Å². The zero-order valence-electron chi connectivity index (χ0n) is 12.0. The summed E-state index contributed by atoms with van der Waals surface area (Å²) in [5.74, 6) is -0.0314. The molecule has 0 bridgehead atoms. The Bertz CT molecular complexity index is 548. The van der Waals surface area contributed by atoms with Gasteiger partial charge in [-0.2, -0.15) is 5.10 Å². The molecule has 1 unspecified atom stereocenters. The molecule has 0 fully saturated rings. The van der Waals surface area contributed by atoms with Gasteiger partial charge in [-0.3, -0.25) is 9.89 Å². The maximum atomic E-state index is 12.3. The third kappa shape index (κ3) is 3.47. The zero-order valence-corrected chi connectivity index (χ0v) is 12.0. The van der Waals surface area contributed by atoms with E-state index in [0.717, 1.165) is 29.8 Å². The van der Waals surface area contributed by atoms with Crippen LogP contribution in [0.25, 0.3) is 0 Å². The number of aryl methyl sites for hydroxylation is 1. The number of carbonyl (C=O) groups excluding carboxylic acids is 1. The Kier molecular flexibility index (Phi) is 4.93. The van der Waals surface area contributed by atoms with E-state index in [1.807, 2.05) is 43.3 Å². The molecule has 0 saturated carbocycles. The molecular weight excluding hydrogens is 250 g/mol. The molecule has 106 valence electrons. The van der Waals surface area contributed by atoms with Crippen molar-refractivity contribution in [2.45, 2.75) is 39.2 Å². The van der Waals surface area contributed by atoms with Gasteiger partial charge in [0.05, 0.1) is 23.9 Å². The number of carbonyl (C=O) groups is 1. The number of hydrogen-bond donors (Lipinski definition) is 2. The number of H-pyrrole nitrogens is 1. The average Bonchev–Trinajstić information content (AvgIpc) is 2.95. The van der Waals surface area contributed by atoms with Crippen LogP contribution in [-0.2, 0) is 17.8 Å². The predicted molar refractivity (Wildman–Crippen MR) is 79.3 cm³/mol. The Morgan fingerprint density at radius 3 is 2.65 bits per heavy atom. The molecule has 0 saturated heterocycles. The normalized spacial score (nSPS) is 12.1. The summed E-state index contributed by atoms with van der Waals surface area (Å²) < 4.78 is 0. The van der Waals surface area contributed by atoms with E-state index < -0.39 is 0 Å². The highest BCUT2D eigenvalue weighted by Crippen LogP contribution is 2.19. The molecule has 0 aliphatic heterocycles. The smallest absolute Gasteiger partial charge is 0.227 e.